The molecule has 0 aliphatic carbocycles. The van der Waals surface area contributed by atoms with Crippen LogP contribution in [0.4, 0.5) is 15.8 Å². The Kier molecular flexibility index (Phi) is 3.18. The number of anilines is 2. The first-order chi connectivity index (χ1) is 8.49. The second-order valence-corrected chi connectivity index (χ2v) is 4.26. The summed E-state index contributed by atoms with van der Waals surface area (Å²) in [5.74, 6) is -0.916. The molecule has 0 bridgehead atoms. The van der Waals surface area contributed by atoms with Crippen LogP contribution in [0.3, 0.4) is 0 Å². The van der Waals surface area contributed by atoms with Crippen molar-refractivity contribution < 1.29 is 14.0 Å². The van der Waals surface area contributed by atoms with Gasteiger partial charge < -0.3 is 11.1 Å². The van der Waals surface area contributed by atoms with E-state index in [0.29, 0.717) is 18.5 Å². The predicted molar refractivity (Wildman–Crippen MR) is 65.2 cm³/mol. The molecule has 0 radical (unpaired) electrons. The number of nitrogens with zero attached hydrogens (tertiary/aromatic N) is 1. The standard InChI is InChI=1S/C12H14FN3O2/c1-16-11(17)5-4-10(12(16)18)15-9-3-2-7(13)6-8(9)14/h2-3,6,10,15H,4-5,14H2,1H3. The van der Waals surface area contributed by atoms with Crippen LogP contribution in [0.5, 0.6) is 0 Å². The lowest BCUT2D eigenvalue weighted by atomic mass is 10.0. The summed E-state index contributed by atoms with van der Waals surface area (Å²) in [4.78, 5) is 24.3. The average Bonchev–Trinajstić information content (AvgIpc) is 2.33. The highest BCUT2D eigenvalue weighted by atomic mass is 19.1. The Hall–Kier alpha value is -2.11. The van der Waals surface area contributed by atoms with Crippen molar-refractivity contribution in [1.29, 1.82) is 0 Å². The number of piperidine rings is 1. The van der Waals surface area contributed by atoms with Gasteiger partial charge in [-0.1, -0.05) is 0 Å². The van der Waals surface area contributed by atoms with Crippen molar-refractivity contribution in [2.75, 3.05) is 18.1 Å². The average molecular weight is 251 g/mol. The minimum Gasteiger partial charge on any atom is -0.397 e. The highest BCUT2D eigenvalue weighted by molar-refractivity contribution is 6.01. The van der Waals surface area contributed by atoms with Gasteiger partial charge >= 0.3 is 0 Å². The number of nitrogens with two attached hydrogens (primary N) is 1. The normalized spacial score (nSPS) is 20.1. The smallest absolute Gasteiger partial charge is 0.251 e. The quantitative estimate of drug-likeness (QED) is 0.606. The van der Waals surface area contributed by atoms with Crippen molar-refractivity contribution in [3.05, 3.63) is 24.0 Å². The Labute approximate surface area is 104 Å². The van der Waals surface area contributed by atoms with Crippen molar-refractivity contribution in [3.8, 4) is 0 Å². The first-order valence-corrected chi connectivity index (χ1v) is 5.61. The molecule has 1 unspecified atom stereocenters. The molecule has 1 aliphatic rings. The van der Waals surface area contributed by atoms with E-state index >= 15 is 0 Å². The largest absolute Gasteiger partial charge is 0.397 e. The lowest BCUT2D eigenvalue weighted by Gasteiger charge is -2.29. The van der Waals surface area contributed by atoms with Crippen molar-refractivity contribution in [3.63, 3.8) is 0 Å². The van der Waals surface area contributed by atoms with E-state index in [0.717, 1.165) is 4.90 Å². The monoisotopic (exact) mass is 251 g/mol. The number of rotatable bonds is 2. The summed E-state index contributed by atoms with van der Waals surface area (Å²) in [7, 11) is 1.45. The minimum absolute atomic E-state index is 0.190. The van der Waals surface area contributed by atoms with Crippen molar-refractivity contribution in [2.45, 2.75) is 18.9 Å². The third-order valence-corrected chi connectivity index (χ3v) is 2.99. The molecule has 5 nitrogen and oxygen atoms in total. The predicted octanol–water partition coefficient (Wildman–Crippen LogP) is 0.967. The molecule has 0 aromatic heterocycles. The van der Waals surface area contributed by atoms with Gasteiger partial charge in [-0.05, 0) is 24.6 Å². The summed E-state index contributed by atoms with van der Waals surface area (Å²) in [6, 6.07) is 3.43. The summed E-state index contributed by atoms with van der Waals surface area (Å²) < 4.78 is 12.9. The number of amides is 2. The van der Waals surface area contributed by atoms with Gasteiger partial charge in [0, 0.05) is 13.5 Å². The van der Waals surface area contributed by atoms with E-state index < -0.39 is 11.9 Å². The Morgan fingerprint density at radius 1 is 1.44 bits per heavy atom. The van der Waals surface area contributed by atoms with Crippen LogP contribution in [0.2, 0.25) is 0 Å². The first kappa shape index (κ1) is 12.3. The van der Waals surface area contributed by atoms with Crippen molar-refractivity contribution in [2.24, 2.45) is 0 Å². The van der Waals surface area contributed by atoms with Gasteiger partial charge in [-0.3, -0.25) is 14.5 Å². The van der Waals surface area contributed by atoms with Crippen molar-refractivity contribution >= 4 is 23.2 Å². The number of likely N-dealkylation sites (tertiary alicyclic amines) is 1. The SMILES string of the molecule is CN1C(=O)CCC(Nc2ccc(F)cc2N)C1=O. The lowest BCUT2D eigenvalue weighted by Crippen LogP contribution is -2.48. The second kappa shape index (κ2) is 4.64. The number of hydrogen-bond donors (Lipinski definition) is 2. The maximum atomic E-state index is 12.9. The highest BCUT2D eigenvalue weighted by Crippen LogP contribution is 2.23. The lowest BCUT2D eigenvalue weighted by molar-refractivity contribution is -0.146. The summed E-state index contributed by atoms with van der Waals surface area (Å²) in [6.45, 7) is 0. The van der Waals surface area contributed by atoms with Crippen molar-refractivity contribution in [1.82, 2.24) is 4.90 Å². The molecule has 1 atom stereocenters. The first-order valence-electron chi connectivity index (χ1n) is 5.61. The zero-order chi connectivity index (χ0) is 13.3. The molecule has 3 N–H and O–H groups in total. The molecule has 2 rings (SSSR count). The van der Waals surface area contributed by atoms with Crippen LogP contribution in [-0.2, 0) is 9.59 Å². The molecule has 6 heteroatoms. The molecule has 1 aliphatic heterocycles. The Morgan fingerprint density at radius 2 is 2.17 bits per heavy atom. The zero-order valence-electron chi connectivity index (χ0n) is 9.94. The molecule has 1 saturated heterocycles. The topological polar surface area (TPSA) is 75.4 Å². The minimum atomic E-state index is -0.500. The van der Waals surface area contributed by atoms with E-state index in [9.17, 15) is 14.0 Å². The van der Waals surface area contributed by atoms with Crippen LogP contribution >= 0.6 is 0 Å². The van der Waals surface area contributed by atoms with E-state index in [1.807, 2.05) is 0 Å². The van der Waals surface area contributed by atoms with Crippen LogP contribution < -0.4 is 11.1 Å². The number of benzene rings is 1. The number of hydrogen-bond acceptors (Lipinski definition) is 4. The Balaban J connectivity index is 2.14. The maximum absolute atomic E-state index is 12.9. The number of imide groups is 1. The third-order valence-electron chi connectivity index (χ3n) is 2.99. The maximum Gasteiger partial charge on any atom is 0.251 e. The van der Waals surface area contributed by atoms with Gasteiger partial charge in [0.2, 0.25) is 5.91 Å². The number of nitrogens with one attached hydrogen (secondary N) is 1. The highest BCUT2D eigenvalue weighted by Gasteiger charge is 2.31. The summed E-state index contributed by atoms with van der Waals surface area (Å²) >= 11 is 0. The van der Waals surface area contributed by atoms with Gasteiger partial charge in [0.05, 0.1) is 11.4 Å². The number of carbonyl (C=O) groups is 2. The summed E-state index contributed by atoms with van der Waals surface area (Å²) in [6.07, 6.45) is 0.722. The number of carbonyl (C=O) groups excluding carboxylic acids is 2. The molecule has 0 spiro atoms. The van der Waals surface area contributed by atoms with Gasteiger partial charge in [-0.15, -0.1) is 0 Å². The fourth-order valence-electron chi connectivity index (χ4n) is 1.90. The molecule has 1 heterocycles. The molecular formula is C12H14FN3O2. The van der Waals surface area contributed by atoms with Gasteiger partial charge in [0.25, 0.3) is 5.91 Å². The summed E-state index contributed by atoms with van der Waals surface area (Å²) in [5.41, 5.74) is 6.39. The second-order valence-electron chi connectivity index (χ2n) is 4.26. The molecule has 0 saturated carbocycles. The van der Waals surface area contributed by atoms with Crippen LogP contribution in [0, 0.1) is 5.82 Å². The van der Waals surface area contributed by atoms with E-state index in [-0.39, 0.29) is 17.5 Å². The number of halogens is 1. The fourth-order valence-corrected chi connectivity index (χ4v) is 1.90. The Bertz CT molecular complexity index is 504. The van der Waals surface area contributed by atoms with Gasteiger partial charge in [0.1, 0.15) is 11.9 Å². The molecule has 2 amide bonds. The molecule has 18 heavy (non-hydrogen) atoms. The Morgan fingerprint density at radius 3 is 2.83 bits per heavy atom. The van der Waals surface area contributed by atoms with E-state index in [1.54, 1.807) is 0 Å². The molecule has 1 aromatic rings. The molecule has 1 fully saturated rings. The van der Waals surface area contributed by atoms with Crippen LogP contribution in [-0.4, -0.2) is 29.8 Å². The third kappa shape index (κ3) is 2.27. The van der Waals surface area contributed by atoms with E-state index in [4.69, 9.17) is 5.73 Å². The van der Waals surface area contributed by atoms with Gasteiger partial charge in [-0.25, -0.2) is 4.39 Å². The van der Waals surface area contributed by atoms with Crippen LogP contribution in [0.25, 0.3) is 0 Å². The van der Waals surface area contributed by atoms with E-state index in [1.165, 1.54) is 25.2 Å². The molecular weight excluding hydrogens is 237 g/mol. The molecule has 1 aromatic carbocycles. The van der Waals surface area contributed by atoms with Crippen LogP contribution in [0.1, 0.15) is 12.8 Å². The molecule has 96 valence electrons. The number of likely N-dealkylation sites (N-methyl/N-ethyl adjacent to an activating group) is 1. The van der Waals surface area contributed by atoms with Crippen LogP contribution in [0.15, 0.2) is 18.2 Å². The van der Waals surface area contributed by atoms with E-state index in [2.05, 4.69) is 5.32 Å². The fraction of sp³-hybridized carbons (Fsp3) is 0.333. The van der Waals surface area contributed by atoms with Gasteiger partial charge in [-0.2, -0.15) is 0 Å². The summed E-state index contributed by atoms with van der Waals surface area (Å²) in [5, 5.41) is 2.94. The number of nitrogen functional groups attached to an aromatic ring is 1. The zero-order valence-corrected chi connectivity index (χ0v) is 9.94. The van der Waals surface area contributed by atoms with Gasteiger partial charge in [0.15, 0.2) is 0 Å².